The molecule has 0 atom stereocenters. The molecule has 0 aromatic heterocycles. The summed E-state index contributed by atoms with van der Waals surface area (Å²) in [6.07, 6.45) is 0. The molecule has 0 saturated carbocycles. The van der Waals surface area contributed by atoms with Gasteiger partial charge in [0.05, 0.1) is 0 Å². The van der Waals surface area contributed by atoms with Crippen molar-refractivity contribution in [3.05, 3.63) is 0 Å². The normalized spacial score (nSPS) is 3.60. The van der Waals surface area contributed by atoms with E-state index in [1.165, 1.54) is 0 Å². The molecule has 0 rings (SSSR count). The van der Waals surface area contributed by atoms with Crippen LogP contribution in [0, 0.1) is 0 Å². The molecule has 0 aromatic rings. The number of halogens is 2. The van der Waals surface area contributed by atoms with Crippen LogP contribution in [0.2, 0.25) is 13.1 Å². The Balaban J connectivity index is -0.0000000200. The van der Waals surface area contributed by atoms with E-state index in [4.69, 9.17) is 0 Å². The Kier molecular flexibility index (Phi) is 62.5. The third kappa shape index (κ3) is 37.7. The summed E-state index contributed by atoms with van der Waals surface area (Å²) in [6.45, 7) is 4.31. The lowest BCUT2D eigenvalue weighted by Crippen LogP contribution is -1.53. The van der Waals surface area contributed by atoms with Crippen molar-refractivity contribution in [1.82, 2.24) is 0 Å². The zero-order chi connectivity index (χ0) is 2.71. The summed E-state index contributed by atoms with van der Waals surface area (Å²) in [5, 5.41) is 0. The molecule has 3 heteroatoms. The van der Waals surface area contributed by atoms with Gasteiger partial charge in [-0.1, -0.05) is 13.1 Å². The summed E-state index contributed by atoms with van der Waals surface area (Å²) in [6, 6.07) is 0. The molecule has 0 spiro atoms. The topological polar surface area (TPSA) is 0 Å². The summed E-state index contributed by atoms with van der Waals surface area (Å²) in [7, 11) is 1.08. The van der Waals surface area contributed by atoms with Crippen LogP contribution >= 0.6 is 34.0 Å². The monoisotopic (exact) mass is 218 g/mol. The van der Waals surface area contributed by atoms with Gasteiger partial charge < -0.3 is 0 Å². The first kappa shape index (κ1) is 16.4. The minimum atomic E-state index is 0. The fraction of sp³-hybridized carbons (Fsp3) is 1.00. The smallest absolute Gasteiger partial charge is 0.0307 e. The van der Waals surface area contributed by atoms with E-state index in [9.17, 15) is 0 Å². The molecule has 0 nitrogen and oxygen atoms in total. The third-order valence-electron chi connectivity index (χ3n) is 0. The van der Waals surface area contributed by atoms with E-state index in [2.05, 4.69) is 13.1 Å². The maximum absolute atomic E-state index is 2.15. The fourth-order valence-electron chi connectivity index (χ4n) is 0. The Labute approximate surface area is 56.7 Å². The second-order valence-corrected chi connectivity index (χ2v) is 1.50. The minimum Gasteiger partial charge on any atom is -0.114 e. The van der Waals surface area contributed by atoms with Gasteiger partial charge in [-0.15, -0.1) is 34.0 Å². The molecule has 0 N–H and O–H groups in total. The number of rotatable bonds is 0. The van der Waals surface area contributed by atoms with Crippen LogP contribution in [0.3, 0.4) is 0 Å². The van der Waals surface area contributed by atoms with E-state index < -0.39 is 0 Å². The first-order chi connectivity index (χ1) is 1.41. The molecule has 0 saturated heterocycles. The Morgan fingerprint density at radius 1 is 1.00 bits per heavy atom. The van der Waals surface area contributed by atoms with E-state index in [1.807, 2.05) is 0 Å². The lowest BCUT2D eigenvalue weighted by Gasteiger charge is -1.44. The van der Waals surface area contributed by atoms with Crippen molar-refractivity contribution in [3.8, 4) is 0 Å². The van der Waals surface area contributed by atoms with Crippen molar-refractivity contribution in [2.75, 3.05) is 0 Å². The van der Waals surface area contributed by atoms with E-state index in [1.54, 1.807) is 0 Å². The minimum absolute atomic E-state index is 0. The summed E-state index contributed by atoms with van der Waals surface area (Å²) in [5.41, 5.74) is 0. The summed E-state index contributed by atoms with van der Waals surface area (Å²) < 4.78 is 0. The predicted octanol–water partition coefficient (Wildman–Crippen LogP) is 1.94. The van der Waals surface area contributed by atoms with Gasteiger partial charge in [-0.05, 0) is 0 Å². The highest BCUT2D eigenvalue weighted by atomic mass is 79.9. The molecular weight excluding hydrogens is 212 g/mol. The third-order valence-corrected chi connectivity index (χ3v) is 0. The first-order valence-corrected chi connectivity index (χ1v) is 3.00. The Morgan fingerprint density at radius 3 is 1.00 bits per heavy atom. The van der Waals surface area contributed by atoms with Gasteiger partial charge >= 0.3 is 0 Å². The molecule has 0 aromatic carbocycles. The van der Waals surface area contributed by atoms with Crippen molar-refractivity contribution in [1.29, 1.82) is 0 Å². The maximum atomic E-state index is 2.15. The van der Waals surface area contributed by atoms with E-state index in [0.717, 1.165) is 9.52 Å². The lowest BCUT2D eigenvalue weighted by molar-refractivity contribution is 2.14. The molecule has 0 aliphatic rings. The lowest BCUT2D eigenvalue weighted by atomic mass is 11.9. The van der Waals surface area contributed by atoms with E-state index >= 15 is 0 Å². The zero-order valence-corrected chi connectivity index (χ0v) is 7.74. The summed E-state index contributed by atoms with van der Waals surface area (Å²) >= 11 is 0. The summed E-state index contributed by atoms with van der Waals surface area (Å²) in [5.74, 6) is 0. The SMILES string of the molecule is Br.Br.C[Si]C. The van der Waals surface area contributed by atoms with Gasteiger partial charge in [0, 0.05) is 9.52 Å². The van der Waals surface area contributed by atoms with Gasteiger partial charge in [0.15, 0.2) is 0 Å². The molecule has 0 aliphatic carbocycles. The number of hydrogen-bond acceptors (Lipinski definition) is 0. The van der Waals surface area contributed by atoms with Crippen LogP contribution in [-0.2, 0) is 0 Å². The highest BCUT2D eigenvalue weighted by Crippen LogP contribution is 1.36. The molecule has 0 fully saturated rings. The van der Waals surface area contributed by atoms with Crippen LogP contribution in [0.15, 0.2) is 0 Å². The highest BCUT2D eigenvalue weighted by Gasteiger charge is 1.39. The fourth-order valence-corrected chi connectivity index (χ4v) is 0. The quantitative estimate of drug-likeness (QED) is 0.547. The predicted molar refractivity (Wildman–Crippen MR) is 38.1 cm³/mol. The van der Waals surface area contributed by atoms with Gasteiger partial charge in [-0.25, -0.2) is 0 Å². The molecule has 0 heterocycles. The average Bonchev–Trinajstić information content (AvgIpc) is 0.918. The van der Waals surface area contributed by atoms with E-state index in [0.29, 0.717) is 0 Å². The molecule has 0 aliphatic heterocycles. The second kappa shape index (κ2) is 19.1. The van der Waals surface area contributed by atoms with Crippen molar-refractivity contribution in [2.45, 2.75) is 13.1 Å². The molecular formula is C2H8Br2Si. The maximum Gasteiger partial charge on any atom is 0.0307 e. The average molecular weight is 220 g/mol. The Morgan fingerprint density at radius 2 is 1.00 bits per heavy atom. The van der Waals surface area contributed by atoms with Gasteiger partial charge in [0.1, 0.15) is 0 Å². The van der Waals surface area contributed by atoms with Crippen molar-refractivity contribution >= 4 is 43.5 Å². The molecule has 0 unspecified atom stereocenters. The van der Waals surface area contributed by atoms with Crippen LogP contribution in [0.4, 0.5) is 0 Å². The number of hydrogen-bond donors (Lipinski definition) is 0. The van der Waals surface area contributed by atoms with Crippen molar-refractivity contribution < 1.29 is 0 Å². The van der Waals surface area contributed by atoms with Crippen LogP contribution in [0.1, 0.15) is 0 Å². The first-order valence-electron chi connectivity index (χ1n) is 1.00. The van der Waals surface area contributed by atoms with Crippen molar-refractivity contribution in [3.63, 3.8) is 0 Å². The highest BCUT2D eigenvalue weighted by molar-refractivity contribution is 8.93. The van der Waals surface area contributed by atoms with Crippen LogP contribution in [0.25, 0.3) is 0 Å². The molecule has 2 radical (unpaired) electrons. The standard InChI is InChI=1S/C2H6Si.2BrH/c1-3-2;;/h1-2H3;2*1H. The van der Waals surface area contributed by atoms with Crippen molar-refractivity contribution in [2.24, 2.45) is 0 Å². The molecule has 5 heavy (non-hydrogen) atoms. The Bertz CT molecular complexity index is 7.61. The molecule has 0 bridgehead atoms. The molecule has 34 valence electrons. The largest absolute Gasteiger partial charge is 0.114 e. The van der Waals surface area contributed by atoms with Crippen LogP contribution in [0.5, 0.6) is 0 Å². The Hall–Kier alpha value is 1.18. The second-order valence-electron chi connectivity index (χ2n) is 0.500. The van der Waals surface area contributed by atoms with Gasteiger partial charge in [0.25, 0.3) is 0 Å². The van der Waals surface area contributed by atoms with Gasteiger partial charge in [-0.2, -0.15) is 0 Å². The summed E-state index contributed by atoms with van der Waals surface area (Å²) in [4.78, 5) is 0. The van der Waals surface area contributed by atoms with Gasteiger partial charge in [-0.3, -0.25) is 0 Å². The van der Waals surface area contributed by atoms with Crippen LogP contribution < -0.4 is 0 Å². The zero-order valence-electron chi connectivity index (χ0n) is 3.32. The van der Waals surface area contributed by atoms with Gasteiger partial charge in [0.2, 0.25) is 0 Å². The van der Waals surface area contributed by atoms with Crippen LogP contribution in [-0.4, -0.2) is 9.52 Å². The molecule has 0 amide bonds. The van der Waals surface area contributed by atoms with E-state index in [-0.39, 0.29) is 34.0 Å².